The van der Waals surface area contributed by atoms with Crippen LogP contribution in [0.3, 0.4) is 0 Å². The number of ether oxygens (including phenoxy) is 1. The van der Waals surface area contributed by atoms with Crippen molar-refractivity contribution in [3.63, 3.8) is 0 Å². The van der Waals surface area contributed by atoms with Crippen molar-refractivity contribution in [1.29, 1.82) is 0 Å². The SMILES string of the molecule is C=C(Cc1cccc(F)c1)C(=O)OCC. The standard InChI is InChI=1S/C12H13FO2/c1-3-15-12(14)9(2)7-10-5-4-6-11(13)8-10/h4-6,8H,2-3,7H2,1H3. The lowest BCUT2D eigenvalue weighted by Crippen LogP contribution is -2.08. The Morgan fingerprint density at radius 2 is 2.27 bits per heavy atom. The number of benzene rings is 1. The van der Waals surface area contributed by atoms with Gasteiger partial charge in [-0.1, -0.05) is 18.7 Å². The van der Waals surface area contributed by atoms with E-state index in [1.807, 2.05) is 0 Å². The monoisotopic (exact) mass is 208 g/mol. The van der Waals surface area contributed by atoms with E-state index in [-0.39, 0.29) is 5.82 Å². The molecular formula is C12H13FO2. The molecular weight excluding hydrogens is 195 g/mol. The number of esters is 1. The first-order valence-corrected chi connectivity index (χ1v) is 4.73. The molecule has 0 aliphatic rings. The number of carbonyl (C=O) groups is 1. The van der Waals surface area contributed by atoms with E-state index < -0.39 is 5.97 Å². The largest absolute Gasteiger partial charge is 0.463 e. The van der Waals surface area contributed by atoms with Crippen LogP contribution in [0.4, 0.5) is 4.39 Å². The molecule has 1 rings (SSSR count). The molecule has 0 saturated carbocycles. The van der Waals surface area contributed by atoms with Crippen molar-refractivity contribution >= 4 is 5.97 Å². The predicted octanol–water partition coefficient (Wildman–Crippen LogP) is 2.49. The lowest BCUT2D eigenvalue weighted by Gasteiger charge is -2.05. The van der Waals surface area contributed by atoms with Crippen LogP contribution >= 0.6 is 0 Å². The number of carbonyl (C=O) groups excluding carboxylic acids is 1. The van der Waals surface area contributed by atoms with Gasteiger partial charge in [0.1, 0.15) is 5.82 Å². The molecule has 80 valence electrons. The first-order chi connectivity index (χ1) is 7.13. The Bertz CT molecular complexity index is 372. The third-order valence-corrected chi connectivity index (χ3v) is 1.87. The summed E-state index contributed by atoms with van der Waals surface area (Å²) >= 11 is 0. The van der Waals surface area contributed by atoms with E-state index in [1.165, 1.54) is 12.1 Å². The molecule has 2 nitrogen and oxygen atoms in total. The van der Waals surface area contributed by atoms with Gasteiger partial charge in [-0.15, -0.1) is 0 Å². The van der Waals surface area contributed by atoms with E-state index in [2.05, 4.69) is 6.58 Å². The van der Waals surface area contributed by atoms with Crippen molar-refractivity contribution in [1.82, 2.24) is 0 Å². The molecule has 0 fully saturated rings. The smallest absolute Gasteiger partial charge is 0.333 e. The first-order valence-electron chi connectivity index (χ1n) is 4.73. The van der Waals surface area contributed by atoms with E-state index >= 15 is 0 Å². The molecule has 1 aromatic carbocycles. The average Bonchev–Trinajstić information content (AvgIpc) is 2.18. The number of hydrogen-bond donors (Lipinski definition) is 0. The molecule has 3 heteroatoms. The van der Waals surface area contributed by atoms with Crippen LogP contribution in [-0.4, -0.2) is 12.6 Å². The molecule has 1 aromatic rings. The van der Waals surface area contributed by atoms with Crippen molar-refractivity contribution < 1.29 is 13.9 Å². The fourth-order valence-electron chi connectivity index (χ4n) is 1.20. The molecule has 0 amide bonds. The summed E-state index contributed by atoms with van der Waals surface area (Å²) in [7, 11) is 0. The second-order valence-corrected chi connectivity index (χ2v) is 3.13. The summed E-state index contributed by atoms with van der Waals surface area (Å²) in [6.07, 6.45) is 0.316. The van der Waals surface area contributed by atoms with E-state index in [9.17, 15) is 9.18 Å². The van der Waals surface area contributed by atoms with Gasteiger partial charge in [-0.05, 0) is 24.6 Å². The van der Waals surface area contributed by atoms with Crippen molar-refractivity contribution in [3.05, 3.63) is 47.8 Å². The number of halogens is 1. The Labute approximate surface area is 88.4 Å². The third-order valence-electron chi connectivity index (χ3n) is 1.87. The van der Waals surface area contributed by atoms with Gasteiger partial charge in [-0.2, -0.15) is 0 Å². The van der Waals surface area contributed by atoms with Gasteiger partial charge in [0.05, 0.1) is 6.61 Å². The molecule has 0 heterocycles. The van der Waals surface area contributed by atoms with Gasteiger partial charge in [-0.25, -0.2) is 9.18 Å². The van der Waals surface area contributed by atoms with Crippen molar-refractivity contribution in [2.24, 2.45) is 0 Å². The molecule has 0 aromatic heterocycles. The summed E-state index contributed by atoms with van der Waals surface area (Å²) in [5.74, 6) is -0.745. The number of hydrogen-bond acceptors (Lipinski definition) is 2. The van der Waals surface area contributed by atoms with Crippen LogP contribution < -0.4 is 0 Å². The maximum Gasteiger partial charge on any atom is 0.333 e. The summed E-state index contributed by atoms with van der Waals surface area (Å²) in [4.78, 5) is 11.2. The maximum atomic E-state index is 12.8. The van der Waals surface area contributed by atoms with E-state index in [4.69, 9.17) is 4.74 Å². The van der Waals surface area contributed by atoms with E-state index in [0.29, 0.717) is 24.2 Å². The molecule has 0 saturated heterocycles. The fraction of sp³-hybridized carbons (Fsp3) is 0.250. The highest BCUT2D eigenvalue weighted by Gasteiger charge is 2.08. The number of rotatable bonds is 4. The Morgan fingerprint density at radius 3 is 2.87 bits per heavy atom. The molecule has 0 N–H and O–H groups in total. The van der Waals surface area contributed by atoms with E-state index in [0.717, 1.165) is 0 Å². The van der Waals surface area contributed by atoms with Gasteiger partial charge in [0.15, 0.2) is 0 Å². The normalized spacial score (nSPS) is 9.73. The molecule has 15 heavy (non-hydrogen) atoms. The average molecular weight is 208 g/mol. The first kappa shape index (κ1) is 11.4. The van der Waals surface area contributed by atoms with Crippen molar-refractivity contribution in [2.75, 3.05) is 6.61 Å². The Morgan fingerprint density at radius 1 is 1.53 bits per heavy atom. The minimum Gasteiger partial charge on any atom is -0.463 e. The van der Waals surface area contributed by atoms with Crippen LogP contribution in [0, 0.1) is 5.82 Å². The van der Waals surface area contributed by atoms with Crippen LogP contribution in [-0.2, 0) is 16.0 Å². The Hall–Kier alpha value is -1.64. The van der Waals surface area contributed by atoms with Gasteiger partial charge in [0.2, 0.25) is 0 Å². The van der Waals surface area contributed by atoms with Crippen LogP contribution in [0.1, 0.15) is 12.5 Å². The second kappa shape index (κ2) is 5.29. The zero-order chi connectivity index (χ0) is 11.3. The second-order valence-electron chi connectivity index (χ2n) is 3.13. The summed E-state index contributed by atoms with van der Waals surface area (Å²) in [6, 6.07) is 6.08. The van der Waals surface area contributed by atoms with Gasteiger partial charge in [0, 0.05) is 12.0 Å². The van der Waals surface area contributed by atoms with Crippen LogP contribution in [0.15, 0.2) is 36.4 Å². The Kier molecular flexibility index (Phi) is 4.03. The van der Waals surface area contributed by atoms with Gasteiger partial charge in [0.25, 0.3) is 0 Å². The van der Waals surface area contributed by atoms with Crippen LogP contribution in [0.5, 0.6) is 0 Å². The molecule has 0 aliphatic heterocycles. The highest BCUT2D eigenvalue weighted by Crippen LogP contribution is 2.09. The lowest BCUT2D eigenvalue weighted by molar-refractivity contribution is -0.138. The minimum atomic E-state index is -0.429. The maximum absolute atomic E-state index is 12.8. The van der Waals surface area contributed by atoms with Gasteiger partial charge in [-0.3, -0.25) is 0 Å². The zero-order valence-electron chi connectivity index (χ0n) is 8.63. The minimum absolute atomic E-state index is 0.316. The summed E-state index contributed by atoms with van der Waals surface area (Å²) in [6.45, 7) is 5.65. The lowest BCUT2D eigenvalue weighted by atomic mass is 10.1. The zero-order valence-corrected chi connectivity index (χ0v) is 8.63. The highest BCUT2D eigenvalue weighted by atomic mass is 19.1. The van der Waals surface area contributed by atoms with Crippen molar-refractivity contribution in [3.8, 4) is 0 Å². The van der Waals surface area contributed by atoms with E-state index in [1.54, 1.807) is 19.1 Å². The van der Waals surface area contributed by atoms with Gasteiger partial charge >= 0.3 is 5.97 Å². The topological polar surface area (TPSA) is 26.3 Å². The molecule has 0 radical (unpaired) electrons. The summed E-state index contributed by atoms with van der Waals surface area (Å²) in [5.41, 5.74) is 1.05. The third kappa shape index (κ3) is 3.54. The molecule has 0 atom stereocenters. The summed E-state index contributed by atoms with van der Waals surface area (Å²) < 4.78 is 17.6. The molecule has 0 aliphatic carbocycles. The molecule has 0 unspecified atom stereocenters. The Balaban J connectivity index is 2.62. The van der Waals surface area contributed by atoms with Crippen LogP contribution in [0.25, 0.3) is 0 Å². The fourth-order valence-corrected chi connectivity index (χ4v) is 1.20. The van der Waals surface area contributed by atoms with Crippen LogP contribution in [0.2, 0.25) is 0 Å². The summed E-state index contributed by atoms with van der Waals surface area (Å²) in [5, 5.41) is 0. The predicted molar refractivity (Wildman–Crippen MR) is 55.9 cm³/mol. The van der Waals surface area contributed by atoms with Gasteiger partial charge < -0.3 is 4.74 Å². The highest BCUT2D eigenvalue weighted by molar-refractivity contribution is 5.88. The molecule has 0 spiro atoms. The quantitative estimate of drug-likeness (QED) is 0.561. The van der Waals surface area contributed by atoms with Crippen molar-refractivity contribution in [2.45, 2.75) is 13.3 Å². The molecule has 0 bridgehead atoms.